The first-order chi connectivity index (χ1) is 8.61. The SMILES string of the molecule is CC(C)/C1=C/C=C\CSc2nccc(C(C)C)c21. The first kappa shape index (κ1) is 13.4. The van der Waals surface area contributed by atoms with Gasteiger partial charge in [0.25, 0.3) is 0 Å². The second kappa shape index (κ2) is 5.75. The molecule has 0 saturated carbocycles. The van der Waals surface area contributed by atoms with E-state index >= 15 is 0 Å². The average molecular weight is 259 g/mol. The molecule has 0 N–H and O–H groups in total. The monoisotopic (exact) mass is 259 g/mol. The molecule has 0 amide bonds. The molecule has 1 aromatic rings. The van der Waals surface area contributed by atoms with Crippen LogP contribution in [0, 0.1) is 5.92 Å². The molecule has 1 aliphatic heterocycles. The lowest BCUT2D eigenvalue weighted by Gasteiger charge is -2.21. The van der Waals surface area contributed by atoms with E-state index in [1.807, 2.05) is 18.0 Å². The van der Waals surface area contributed by atoms with Crippen molar-refractivity contribution in [3.63, 3.8) is 0 Å². The first-order valence-electron chi connectivity index (χ1n) is 6.60. The van der Waals surface area contributed by atoms with Crippen molar-refractivity contribution in [2.75, 3.05) is 5.75 Å². The van der Waals surface area contributed by atoms with E-state index in [4.69, 9.17) is 0 Å². The molecule has 0 aliphatic carbocycles. The molecular formula is C16H21NS. The maximum atomic E-state index is 4.58. The fourth-order valence-electron chi connectivity index (χ4n) is 2.26. The summed E-state index contributed by atoms with van der Waals surface area (Å²) in [5.74, 6) is 2.06. The first-order valence-corrected chi connectivity index (χ1v) is 7.58. The minimum absolute atomic E-state index is 0.522. The standard InChI is InChI=1S/C16H21NS/c1-11(2)13-7-5-6-10-18-16-15(13)14(12(3)4)8-9-17-16/h5-9,11-12H,10H2,1-4H3/b6-5-,13-7-. The van der Waals surface area contributed by atoms with Crippen LogP contribution in [0.4, 0.5) is 0 Å². The van der Waals surface area contributed by atoms with Crippen LogP contribution < -0.4 is 0 Å². The fourth-order valence-corrected chi connectivity index (χ4v) is 3.14. The number of rotatable bonds is 2. The van der Waals surface area contributed by atoms with E-state index in [9.17, 15) is 0 Å². The van der Waals surface area contributed by atoms with Crippen LogP contribution in [0.5, 0.6) is 0 Å². The van der Waals surface area contributed by atoms with Crippen LogP contribution in [0.25, 0.3) is 5.57 Å². The molecule has 2 heteroatoms. The highest BCUT2D eigenvalue weighted by atomic mass is 32.2. The Hall–Kier alpha value is -1.02. The highest BCUT2D eigenvalue weighted by Crippen LogP contribution is 2.37. The third-order valence-corrected chi connectivity index (χ3v) is 4.15. The lowest BCUT2D eigenvalue weighted by molar-refractivity contribution is 0.812. The smallest absolute Gasteiger partial charge is 0.104 e. The molecule has 1 nitrogen and oxygen atoms in total. The number of aromatic nitrogens is 1. The van der Waals surface area contributed by atoms with Gasteiger partial charge in [0.2, 0.25) is 0 Å². The maximum Gasteiger partial charge on any atom is 0.104 e. The Balaban J connectivity index is 2.65. The molecule has 18 heavy (non-hydrogen) atoms. The van der Waals surface area contributed by atoms with Crippen LogP contribution in [0.1, 0.15) is 44.7 Å². The lowest BCUT2D eigenvalue weighted by Crippen LogP contribution is -2.05. The second-order valence-electron chi connectivity index (χ2n) is 5.25. The largest absolute Gasteiger partial charge is 0.249 e. The van der Waals surface area contributed by atoms with Crippen molar-refractivity contribution in [2.45, 2.75) is 38.6 Å². The summed E-state index contributed by atoms with van der Waals surface area (Å²) in [4.78, 5) is 4.58. The van der Waals surface area contributed by atoms with Crippen molar-refractivity contribution in [1.82, 2.24) is 4.98 Å². The van der Waals surface area contributed by atoms with Gasteiger partial charge in [-0.05, 0) is 29.0 Å². The van der Waals surface area contributed by atoms with E-state index in [0.29, 0.717) is 11.8 Å². The van der Waals surface area contributed by atoms with Crippen molar-refractivity contribution in [2.24, 2.45) is 5.92 Å². The predicted molar refractivity (Wildman–Crippen MR) is 81.0 cm³/mol. The second-order valence-corrected chi connectivity index (χ2v) is 6.26. The molecule has 96 valence electrons. The highest BCUT2D eigenvalue weighted by Gasteiger charge is 2.18. The topological polar surface area (TPSA) is 12.9 Å². The number of hydrogen-bond acceptors (Lipinski definition) is 2. The zero-order valence-electron chi connectivity index (χ0n) is 11.6. The Bertz CT molecular complexity index is 484. The summed E-state index contributed by atoms with van der Waals surface area (Å²) in [6, 6.07) is 2.17. The van der Waals surface area contributed by atoms with Crippen molar-refractivity contribution in [1.29, 1.82) is 0 Å². The normalized spacial score (nSPS) is 20.0. The molecule has 2 heterocycles. The maximum absolute atomic E-state index is 4.58. The molecule has 2 rings (SSSR count). The van der Waals surface area contributed by atoms with Crippen LogP contribution in [-0.2, 0) is 0 Å². The predicted octanol–water partition coefficient (Wildman–Crippen LogP) is 4.91. The third-order valence-electron chi connectivity index (χ3n) is 3.21. The molecule has 0 spiro atoms. The number of allylic oxidation sites excluding steroid dienone is 3. The van der Waals surface area contributed by atoms with E-state index < -0.39 is 0 Å². The summed E-state index contributed by atoms with van der Waals surface area (Å²) >= 11 is 1.84. The summed E-state index contributed by atoms with van der Waals surface area (Å²) in [6.07, 6.45) is 8.60. The van der Waals surface area contributed by atoms with Crippen LogP contribution in [0.15, 0.2) is 35.5 Å². The molecule has 0 aromatic carbocycles. The van der Waals surface area contributed by atoms with Gasteiger partial charge in [-0.15, -0.1) is 11.8 Å². The van der Waals surface area contributed by atoms with Crippen LogP contribution in [0.2, 0.25) is 0 Å². The number of fused-ring (bicyclic) bond motifs is 1. The molecular weight excluding hydrogens is 238 g/mol. The van der Waals surface area contributed by atoms with E-state index in [0.717, 1.165) is 5.75 Å². The number of nitrogens with zero attached hydrogens (tertiary/aromatic N) is 1. The fraction of sp³-hybridized carbons (Fsp3) is 0.438. The molecule has 0 atom stereocenters. The Kier molecular flexibility index (Phi) is 4.28. The van der Waals surface area contributed by atoms with E-state index in [1.54, 1.807) is 0 Å². The zero-order valence-corrected chi connectivity index (χ0v) is 12.4. The highest BCUT2D eigenvalue weighted by molar-refractivity contribution is 7.99. The van der Waals surface area contributed by atoms with Crippen molar-refractivity contribution < 1.29 is 0 Å². The lowest BCUT2D eigenvalue weighted by atomic mass is 9.88. The third kappa shape index (κ3) is 2.69. The van der Waals surface area contributed by atoms with E-state index in [-0.39, 0.29) is 0 Å². The molecule has 0 fully saturated rings. The Labute approximate surface area is 114 Å². The van der Waals surface area contributed by atoms with E-state index in [1.165, 1.54) is 21.7 Å². The molecule has 0 saturated heterocycles. The summed E-state index contributed by atoms with van der Waals surface area (Å²) in [7, 11) is 0. The molecule has 1 aromatic heterocycles. The molecule has 0 radical (unpaired) electrons. The van der Waals surface area contributed by atoms with Gasteiger partial charge >= 0.3 is 0 Å². The number of hydrogen-bond donors (Lipinski definition) is 0. The summed E-state index contributed by atoms with van der Waals surface area (Å²) in [5.41, 5.74) is 4.20. The summed E-state index contributed by atoms with van der Waals surface area (Å²) in [6.45, 7) is 9.03. The van der Waals surface area contributed by atoms with Crippen LogP contribution in [-0.4, -0.2) is 10.7 Å². The van der Waals surface area contributed by atoms with Crippen LogP contribution in [0.3, 0.4) is 0 Å². The van der Waals surface area contributed by atoms with Crippen LogP contribution >= 0.6 is 11.8 Å². The van der Waals surface area contributed by atoms with Gasteiger partial charge in [0.15, 0.2) is 0 Å². The van der Waals surface area contributed by atoms with Crippen molar-refractivity contribution in [3.8, 4) is 0 Å². The Morgan fingerprint density at radius 3 is 2.61 bits per heavy atom. The average Bonchev–Trinajstić information content (AvgIpc) is 2.28. The zero-order chi connectivity index (χ0) is 13.1. The van der Waals surface area contributed by atoms with Gasteiger partial charge in [-0.1, -0.05) is 45.9 Å². The van der Waals surface area contributed by atoms with Crippen molar-refractivity contribution >= 4 is 17.3 Å². The molecule has 0 unspecified atom stereocenters. The minimum Gasteiger partial charge on any atom is -0.249 e. The van der Waals surface area contributed by atoms with E-state index in [2.05, 4.69) is 57.0 Å². The summed E-state index contributed by atoms with van der Waals surface area (Å²) in [5, 5.41) is 1.19. The van der Waals surface area contributed by atoms with Gasteiger partial charge in [-0.2, -0.15) is 0 Å². The summed E-state index contributed by atoms with van der Waals surface area (Å²) < 4.78 is 0. The van der Waals surface area contributed by atoms with Gasteiger partial charge in [0.1, 0.15) is 5.03 Å². The quantitative estimate of drug-likeness (QED) is 0.748. The van der Waals surface area contributed by atoms with Crippen molar-refractivity contribution in [3.05, 3.63) is 41.6 Å². The Morgan fingerprint density at radius 1 is 1.17 bits per heavy atom. The molecule has 1 aliphatic rings. The van der Waals surface area contributed by atoms with Gasteiger partial charge in [-0.25, -0.2) is 4.98 Å². The van der Waals surface area contributed by atoms with Gasteiger partial charge in [0, 0.05) is 17.5 Å². The minimum atomic E-state index is 0.522. The Morgan fingerprint density at radius 2 is 1.94 bits per heavy atom. The number of thioether (sulfide) groups is 1. The van der Waals surface area contributed by atoms with Gasteiger partial charge < -0.3 is 0 Å². The van der Waals surface area contributed by atoms with Gasteiger partial charge in [0.05, 0.1) is 0 Å². The molecule has 0 bridgehead atoms. The van der Waals surface area contributed by atoms with Gasteiger partial charge in [-0.3, -0.25) is 0 Å². The number of pyridine rings is 1.